The van der Waals surface area contributed by atoms with E-state index in [4.69, 9.17) is 0 Å². The fourth-order valence-corrected chi connectivity index (χ4v) is 2.38. The standard InChI is InChI=1S/C12H22N4/c1-3-6-13-8-11-5-4-10(11)7-12-14-9-15-16(12)2/h9-11,13H,3-8H2,1-2H3. The highest BCUT2D eigenvalue weighted by molar-refractivity contribution is 4.93. The van der Waals surface area contributed by atoms with Crippen LogP contribution in [-0.4, -0.2) is 27.9 Å². The second-order valence-electron chi connectivity index (χ2n) is 4.81. The van der Waals surface area contributed by atoms with Crippen molar-refractivity contribution >= 4 is 0 Å². The minimum Gasteiger partial charge on any atom is -0.316 e. The Bertz CT molecular complexity index is 321. The summed E-state index contributed by atoms with van der Waals surface area (Å²) in [6.07, 6.45) is 6.69. The smallest absolute Gasteiger partial charge is 0.138 e. The molecule has 1 aliphatic rings. The van der Waals surface area contributed by atoms with Gasteiger partial charge in [0, 0.05) is 13.5 Å². The Hall–Kier alpha value is -0.900. The number of aryl methyl sites for hydroxylation is 1. The summed E-state index contributed by atoms with van der Waals surface area (Å²) in [6.45, 7) is 4.54. The zero-order chi connectivity index (χ0) is 11.4. The molecule has 90 valence electrons. The van der Waals surface area contributed by atoms with Gasteiger partial charge in [-0.15, -0.1) is 0 Å². The zero-order valence-corrected chi connectivity index (χ0v) is 10.3. The molecule has 0 aliphatic heterocycles. The lowest BCUT2D eigenvalue weighted by atomic mass is 9.71. The Labute approximate surface area is 97.5 Å². The Balaban J connectivity index is 1.76. The Morgan fingerprint density at radius 3 is 2.81 bits per heavy atom. The molecular formula is C12H22N4. The average molecular weight is 222 g/mol. The van der Waals surface area contributed by atoms with Crippen molar-refractivity contribution in [2.75, 3.05) is 13.1 Å². The number of rotatable bonds is 6. The molecule has 1 fully saturated rings. The SMILES string of the molecule is CCCNCC1CCC1Cc1ncnn1C. The van der Waals surface area contributed by atoms with Crippen LogP contribution in [-0.2, 0) is 13.5 Å². The predicted molar refractivity (Wildman–Crippen MR) is 64.1 cm³/mol. The van der Waals surface area contributed by atoms with Crippen molar-refractivity contribution < 1.29 is 0 Å². The minimum atomic E-state index is 0.812. The number of hydrogen-bond donors (Lipinski definition) is 1. The van der Waals surface area contributed by atoms with Crippen LogP contribution in [0.1, 0.15) is 32.0 Å². The first-order chi connectivity index (χ1) is 7.81. The predicted octanol–water partition coefficient (Wildman–Crippen LogP) is 1.38. The molecule has 1 heterocycles. The second-order valence-corrected chi connectivity index (χ2v) is 4.81. The quantitative estimate of drug-likeness (QED) is 0.740. The van der Waals surface area contributed by atoms with Gasteiger partial charge in [0.1, 0.15) is 12.2 Å². The van der Waals surface area contributed by atoms with Crippen LogP contribution in [0.5, 0.6) is 0 Å². The van der Waals surface area contributed by atoms with E-state index in [0.717, 1.165) is 30.6 Å². The monoisotopic (exact) mass is 222 g/mol. The van der Waals surface area contributed by atoms with Gasteiger partial charge in [0.25, 0.3) is 0 Å². The molecule has 4 heteroatoms. The molecule has 1 saturated carbocycles. The summed E-state index contributed by atoms with van der Waals surface area (Å²) in [6, 6.07) is 0. The van der Waals surface area contributed by atoms with Crippen LogP contribution in [0.4, 0.5) is 0 Å². The van der Waals surface area contributed by atoms with E-state index in [9.17, 15) is 0 Å². The van der Waals surface area contributed by atoms with Crippen molar-refractivity contribution in [2.24, 2.45) is 18.9 Å². The van der Waals surface area contributed by atoms with E-state index in [-0.39, 0.29) is 0 Å². The number of nitrogens with one attached hydrogen (secondary N) is 1. The van der Waals surface area contributed by atoms with Gasteiger partial charge in [-0.05, 0) is 44.2 Å². The summed E-state index contributed by atoms with van der Waals surface area (Å²) in [5.74, 6) is 2.79. The number of nitrogens with zero attached hydrogens (tertiary/aromatic N) is 3. The lowest BCUT2D eigenvalue weighted by Crippen LogP contribution is -2.37. The zero-order valence-electron chi connectivity index (χ0n) is 10.3. The van der Waals surface area contributed by atoms with E-state index in [2.05, 4.69) is 22.3 Å². The van der Waals surface area contributed by atoms with Gasteiger partial charge in [-0.2, -0.15) is 5.10 Å². The van der Waals surface area contributed by atoms with E-state index < -0.39 is 0 Å². The molecule has 1 N–H and O–H groups in total. The third-order valence-corrected chi connectivity index (χ3v) is 3.66. The van der Waals surface area contributed by atoms with Crippen molar-refractivity contribution in [1.29, 1.82) is 0 Å². The van der Waals surface area contributed by atoms with Gasteiger partial charge in [-0.25, -0.2) is 4.98 Å². The molecule has 0 aromatic carbocycles. The van der Waals surface area contributed by atoms with Crippen molar-refractivity contribution in [3.05, 3.63) is 12.2 Å². The third-order valence-electron chi connectivity index (χ3n) is 3.66. The third kappa shape index (κ3) is 2.61. The van der Waals surface area contributed by atoms with Crippen LogP contribution in [0.2, 0.25) is 0 Å². The first-order valence-corrected chi connectivity index (χ1v) is 6.34. The van der Waals surface area contributed by atoms with Gasteiger partial charge in [0.15, 0.2) is 0 Å². The largest absolute Gasteiger partial charge is 0.316 e. The van der Waals surface area contributed by atoms with Crippen molar-refractivity contribution in [1.82, 2.24) is 20.1 Å². The van der Waals surface area contributed by atoms with Crippen LogP contribution in [0.3, 0.4) is 0 Å². The molecule has 0 amide bonds. The first-order valence-electron chi connectivity index (χ1n) is 6.34. The molecule has 1 aromatic heterocycles. The fourth-order valence-electron chi connectivity index (χ4n) is 2.38. The maximum absolute atomic E-state index is 4.30. The van der Waals surface area contributed by atoms with Gasteiger partial charge < -0.3 is 5.32 Å². The molecule has 2 rings (SSSR count). The molecule has 1 aromatic rings. The second kappa shape index (κ2) is 5.43. The molecular weight excluding hydrogens is 200 g/mol. The lowest BCUT2D eigenvalue weighted by molar-refractivity contribution is 0.167. The topological polar surface area (TPSA) is 42.7 Å². The maximum atomic E-state index is 4.30. The van der Waals surface area contributed by atoms with E-state index in [0.29, 0.717) is 0 Å². The highest BCUT2D eigenvalue weighted by Gasteiger charge is 2.31. The molecule has 4 nitrogen and oxygen atoms in total. The summed E-state index contributed by atoms with van der Waals surface area (Å²) in [4.78, 5) is 4.30. The van der Waals surface area contributed by atoms with Crippen LogP contribution >= 0.6 is 0 Å². The molecule has 0 saturated heterocycles. The summed E-state index contributed by atoms with van der Waals surface area (Å²) in [5.41, 5.74) is 0. The Morgan fingerprint density at radius 1 is 1.44 bits per heavy atom. The van der Waals surface area contributed by atoms with Crippen molar-refractivity contribution in [2.45, 2.75) is 32.6 Å². The van der Waals surface area contributed by atoms with E-state index in [1.807, 2.05) is 11.7 Å². The summed E-state index contributed by atoms with van der Waals surface area (Å²) >= 11 is 0. The molecule has 0 bridgehead atoms. The normalized spacial score (nSPS) is 24.4. The number of aromatic nitrogens is 3. The molecule has 0 radical (unpaired) electrons. The van der Waals surface area contributed by atoms with E-state index in [1.165, 1.54) is 25.8 Å². The van der Waals surface area contributed by atoms with Crippen molar-refractivity contribution in [3.63, 3.8) is 0 Å². The van der Waals surface area contributed by atoms with Crippen LogP contribution in [0.15, 0.2) is 6.33 Å². The first kappa shape index (κ1) is 11.6. The lowest BCUT2D eigenvalue weighted by Gasteiger charge is -2.36. The molecule has 2 unspecified atom stereocenters. The highest BCUT2D eigenvalue weighted by Crippen LogP contribution is 2.35. The fraction of sp³-hybridized carbons (Fsp3) is 0.833. The average Bonchev–Trinajstić information content (AvgIpc) is 2.65. The van der Waals surface area contributed by atoms with Gasteiger partial charge in [0.2, 0.25) is 0 Å². The molecule has 16 heavy (non-hydrogen) atoms. The summed E-state index contributed by atoms with van der Waals surface area (Å²) in [7, 11) is 1.98. The van der Waals surface area contributed by atoms with Crippen LogP contribution < -0.4 is 5.32 Å². The van der Waals surface area contributed by atoms with E-state index >= 15 is 0 Å². The van der Waals surface area contributed by atoms with Gasteiger partial charge in [-0.3, -0.25) is 4.68 Å². The maximum Gasteiger partial charge on any atom is 0.138 e. The minimum absolute atomic E-state index is 0.812. The molecule has 2 atom stereocenters. The summed E-state index contributed by atoms with van der Waals surface area (Å²) < 4.78 is 1.90. The van der Waals surface area contributed by atoms with Crippen LogP contribution in [0.25, 0.3) is 0 Å². The molecule has 1 aliphatic carbocycles. The Kier molecular flexibility index (Phi) is 3.93. The van der Waals surface area contributed by atoms with Gasteiger partial charge in [-0.1, -0.05) is 6.92 Å². The van der Waals surface area contributed by atoms with Gasteiger partial charge >= 0.3 is 0 Å². The van der Waals surface area contributed by atoms with Gasteiger partial charge in [0.05, 0.1) is 0 Å². The van der Waals surface area contributed by atoms with E-state index in [1.54, 1.807) is 6.33 Å². The molecule has 0 spiro atoms. The summed E-state index contributed by atoms with van der Waals surface area (Å²) in [5, 5.41) is 7.64. The van der Waals surface area contributed by atoms with Crippen LogP contribution in [0, 0.1) is 11.8 Å². The van der Waals surface area contributed by atoms with Crippen molar-refractivity contribution in [3.8, 4) is 0 Å². The Morgan fingerprint density at radius 2 is 2.25 bits per heavy atom. The number of hydrogen-bond acceptors (Lipinski definition) is 3. The highest BCUT2D eigenvalue weighted by atomic mass is 15.3.